The third kappa shape index (κ3) is 2.39. The van der Waals surface area contributed by atoms with Gasteiger partial charge in [0, 0.05) is 29.8 Å². The summed E-state index contributed by atoms with van der Waals surface area (Å²) >= 11 is 0. The van der Waals surface area contributed by atoms with Crippen LogP contribution in [0.5, 0.6) is 0 Å². The molecule has 1 fully saturated rings. The first kappa shape index (κ1) is 13.1. The van der Waals surface area contributed by atoms with Crippen LogP contribution in [0.25, 0.3) is 5.65 Å². The highest BCUT2D eigenvalue weighted by Crippen LogP contribution is 2.40. The van der Waals surface area contributed by atoms with Gasteiger partial charge in [-0.2, -0.15) is 9.61 Å². The molecule has 5 heteroatoms. The third-order valence-corrected chi connectivity index (χ3v) is 4.56. The molecule has 0 spiro atoms. The molecule has 0 atom stereocenters. The molecule has 2 heterocycles. The van der Waals surface area contributed by atoms with Gasteiger partial charge in [0.05, 0.1) is 5.69 Å². The van der Waals surface area contributed by atoms with Crippen LogP contribution in [0.1, 0.15) is 55.0 Å². The lowest BCUT2D eigenvalue weighted by Gasteiger charge is -2.20. The third-order valence-electron chi connectivity index (χ3n) is 4.56. The fourth-order valence-electron chi connectivity index (χ4n) is 3.24. The Balaban J connectivity index is 1.79. The van der Waals surface area contributed by atoms with Crippen molar-refractivity contribution in [3.8, 4) is 0 Å². The van der Waals surface area contributed by atoms with Crippen molar-refractivity contribution in [3.05, 3.63) is 23.0 Å². The SMILES string of the molecule is NCCCNc1c2c(nc3cc(C4CC4)nn13)CCCC2. The number of hydrogen-bond donors (Lipinski definition) is 2. The van der Waals surface area contributed by atoms with Crippen molar-refractivity contribution in [2.24, 2.45) is 5.73 Å². The maximum atomic E-state index is 5.62. The topological polar surface area (TPSA) is 68.2 Å². The lowest BCUT2D eigenvalue weighted by Crippen LogP contribution is -2.17. The molecule has 2 aliphatic rings. The molecule has 2 aliphatic carbocycles. The van der Waals surface area contributed by atoms with Crippen LogP contribution in [0.15, 0.2) is 6.07 Å². The first-order chi connectivity index (χ1) is 10.4. The summed E-state index contributed by atoms with van der Waals surface area (Å²) < 4.78 is 2.04. The van der Waals surface area contributed by atoms with E-state index in [1.54, 1.807) is 0 Å². The minimum atomic E-state index is 0.667. The molecule has 2 aromatic rings. The molecule has 5 nitrogen and oxygen atoms in total. The number of rotatable bonds is 5. The highest BCUT2D eigenvalue weighted by molar-refractivity contribution is 5.57. The van der Waals surface area contributed by atoms with Crippen LogP contribution in [-0.4, -0.2) is 27.7 Å². The van der Waals surface area contributed by atoms with Crippen LogP contribution in [0.2, 0.25) is 0 Å². The molecule has 0 unspecified atom stereocenters. The van der Waals surface area contributed by atoms with Crippen LogP contribution in [0, 0.1) is 0 Å². The fourth-order valence-corrected chi connectivity index (χ4v) is 3.24. The van der Waals surface area contributed by atoms with Crippen molar-refractivity contribution >= 4 is 11.5 Å². The number of aromatic nitrogens is 3. The maximum absolute atomic E-state index is 5.62. The molecule has 3 N–H and O–H groups in total. The molecule has 21 heavy (non-hydrogen) atoms. The molecule has 0 saturated heterocycles. The van der Waals surface area contributed by atoms with Crippen LogP contribution in [-0.2, 0) is 12.8 Å². The van der Waals surface area contributed by atoms with Gasteiger partial charge in [-0.3, -0.25) is 0 Å². The number of hydrogen-bond acceptors (Lipinski definition) is 4. The zero-order valence-corrected chi connectivity index (χ0v) is 12.4. The number of nitrogens with zero attached hydrogens (tertiary/aromatic N) is 3. The number of nitrogens with two attached hydrogens (primary N) is 1. The quantitative estimate of drug-likeness (QED) is 0.827. The van der Waals surface area contributed by atoms with Gasteiger partial charge in [0.1, 0.15) is 5.82 Å². The van der Waals surface area contributed by atoms with Crippen LogP contribution in [0.3, 0.4) is 0 Å². The zero-order valence-electron chi connectivity index (χ0n) is 12.4. The molecule has 0 bridgehead atoms. The Labute approximate surface area is 124 Å². The second kappa shape index (κ2) is 5.30. The molecule has 0 radical (unpaired) electrons. The summed E-state index contributed by atoms with van der Waals surface area (Å²) in [4.78, 5) is 4.87. The summed E-state index contributed by atoms with van der Waals surface area (Å²) in [6.45, 7) is 1.62. The molecule has 1 saturated carbocycles. The van der Waals surface area contributed by atoms with E-state index in [1.165, 1.54) is 42.6 Å². The van der Waals surface area contributed by atoms with Crippen LogP contribution in [0.4, 0.5) is 5.82 Å². The van der Waals surface area contributed by atoms with Crippen molar-refractivity contribution < 1.29 is 0 Å². The average molecular weight is 285 g/mol. The highest BCUT2D eigenvalue weighted by Gasteiger charge is 2.28. The second-order valence-electron chi connectivity index (χ2n) is 6.28. The van der Waals surface area contributed by atoms with E-state index in [-0.39, 0.29) is 0 Å². The summed E-state index contributed by atoms with van der Waals surface area (Å²) in [5.74, 6) is 1.83. The molecule has 4 rings (SSSR count). The van der Waals surface area contributed by atoms with Gasteiger partial charge in [-0.15, -0.1) is 0 Å². The lowest BCUT2D eigenvalue weighted by atomic mass is 9.96. The number of anilines is 1. The molecule has 2 aromatic heterocycles. The lowest BCUT2D eigenvalue weighted by molar-refractivity contribution is 0.660. The van der Waals surface area contributed by atoms with E-state index in [0.29, 0.717) is 5.92 Å². The van der Waals surface area contributed by atoms with Crippen molar-refractivity contribution in [2.75, 3.05) is 18.4 Å². The first-order valence-corrected chi connectivity index (χ1v) is 8.22. The van der Waals surface area contributed by atoms with Gasteiger partial charge in [-0.25, -0.2) is 4.98 Å². The van der Waals surface area contributed by atoms with E-state index in [0.717, 1.165) is 43.8 Å². The van der Waals surface area contributed by atoms with Gasteiger partial charge in [0.25, 0.3) is 0 Å². The Bertz CT molecular complexity index is 656. The molecular formula is C16H23N5. The molecule has 112 valence electrons. The standard InChI is InChI=1S/C16H23N5/c17-8-3-9-18-16-12-4-1-2-5-13(12)19-15-10-14(11-6-7-11)20-21(15)16/h10-11,18H,1-9,17H2. The van der Waals surface area contributed by atoms with Crippen molar-refractivity contribution in [2.45, 2.75) is 50.9 Å². The normalized spacial score (nSPS) is 18.0. The fraction of sp³-hybridized carbons (Fsp3) is 0.625. The van der Waals surface area contributed by atoms with E-state index in [9.17, 15) is 0 Å². The predicted octanol–water partition coefficient (Wildman–Crippen LogP) is 2.25. The van der Waals surface area contributed by atoms with E-state index in [2.05, 4.69) is 11.4 Å². The Hall–Kier alpha value is -1.62. The van der Waals surface area contributed by atoms with Gasteiger partial charge in [0.2, 0.25) is 0 Å². The summed E-state index contributed by atoms with van der Waals surface area (Å²) in [5.41, 5.74) is 10.5. The van der Waals surface area contributed by atoms with Crippen molar-refractivity contribution in [1.82, 2.24) is 14.6 Å². The molecular weight excluding hydrogens is 262 g/mol. The van der Waals surface area contributed by atoms with Crippen molar-refractivity contribution in [1.29, 1.82) is 0 Å². The Morgan fingerprint density at radius 2 is 2.14 bits per heavy atom. The number of nitrogens with one attached hydrogen (secondary N) is 1. The monoisotopic (exact) mass is 285 g/mol. The summed E-state index contributed by atoms with van der Waals surface area (Å²) in [6.07, 6.45) is 8.25. The van der Waals surface area contributed by atoms with Gasteiger partial charge in [0.15, 0.2) is 5.65 Å². The summed E-state index contributed by atoms with van der Waals surface area (Å²) in [6, 6.07) is 2.18. The highest BCUT2D eigenvalue weighted by atomic mass is 15.3. The summed E-state index contributed by atoms with van der Waals surface area (Å²) in [7, 11) is 0. The molecule has 0 aliphatic heterocycles. The maximum Gasteiger partial charge on any atom is 0.157 e. The molecule has 0 amide bonds. The number of fused-ring (bicyclic) bond motifs is 2. The smallest absolute Gasteiger partial charge is 0.157 e. The van der Waals surface area contributed by atoms with Gasteiger partial charge >= 0.3 is 0 Å². The Morgan fingerprint density at radius 3 is 2.95 bits per heavy atom. The minimum Gasteiger partial charge on any atom is -0.370 e. The predicted molar refractivity (Wildman–Crippen MR) is 83.8 cm³/mol. The van der Waals surface area contributed by atoms with Crippen molar-refractivity contribution in [3.63, 3.8) is 0 Å². The first-order valence-electron chi connectivity index (χ1n) is 8.22. The minimum absolute atomic E-state index is 0.667. The molecule has 0 aromatic carbocycles. The Kier molecular flexibility index (Phi) is 3.30. The van der Waals surface area contributed by atoms with E-state index < -0.39 is 0 Å². The van der Waals surface area contributed by atoms with E-state index in [4.69, 9.17) is 15.8 Å². The zero-order chi connectivity index (χ0) is 14.2. The second-order valence-corrected chi connectivity index (χ2v) is 6.28. The summed E-state index contributed by atoms with van der Waals surface area (Å²) in [5, 5.41) is 8.39. The van der Waals surface area contributed by atoms with E-state index in [1.807, 2.05) is 4.52 Å². The average Bonchev–Trinajstić information content (AvgIpc) is 3.27. The van der Waals surface area contributed by atoms with Gasteiger partial charge < -0.3 is 11.1 Å². The number of aryl methyl sites for hydroxylation is 1. The Morgan fingerprint density at radius 1 is 1.29 bits per heavy atom. The van der Waals surface area contributed by atoms with E-state index >= 15 is 0 Å². The van der Waals surface area contributed by atoms with Crippen LogP contribution < -0.4 is 11.1 Å². The largest absolute Gasteiger partial charge is 0.370 e. The van der Waals surface area contributed by atoms with Gasteiger partial charge in [-0.05, 0) is 51.5 Å². The van der Waals surface area contributed by atoms with Crippen LogP contribution >= 0.6 is 0 Å². The van der Waals surface area contributed by atoms with Gasteiger partial charge in [-0.1, -0.05) is 0 Å².